The quantitative estimate of drug-likeness (QED) is 0.309. The van der Waals surface area contributed by atoms with Crippen LogP contribution in [0.4, 0.5) is 5.69 Å². The maximum Gasteiger partial charge on any atom is 0.265 e. The molecule has 0 saturated heterocycles. The summed E-state index contributed by atoms with van der Waals surface area (Å²) < 4.78 is 7.42. The summed E-state index contributed by atoms with van der Waals surface area (Å²) in [4.78, 5) is 13.2. The Kier molecular flexibility index (Phi) is 6.83. The summed E-state index contributed by atoms with van der Waals surface area (Å²) in [5.41, 5.74) is 2.37. The first-order valence-electron chi connectivity index (χ1n) is 9.20. The van der Waals surface area contributed by atoms with Crippen molar-refractivity contribution in [2.24, 2.45) is 0 Å². The molecule has 0 aliphatic heterocycles. The fraction of sp³-hybridized carbons (Fsp3) is 0.0909. The van der Waals surface area contributed by atoms with Crippen LogP contribution in [0, 0.1) is 0 Å². The van der Waals surface area contributed by atoms with Crippen molar-refractivity contribution < 1.29 is 9.53 Å². The Bertz CT molecular complexity index is 1220. The van der Waals surface area contributed by atoms with Crippen molar-refractivity contribution in [2.75, 3.05) is 5.32 Å². The summed E-state index contributed by atoms with van der Waals surface area (Å²) in [5, 5.41) is 10.7. The third-order valence-corrected chi connectivity index (χ3v) is 6.22. The molecule has 2 aromatic carbocycles. The van der Waals surface area contributed by atoms with Gasteiger partial charge < -0.3 is 10.1 Å². The van der Waals surface area contributed by atoms with Crippen LogP contribution in [0.25, 0.3) is 0 Å². The first-order chi connectivity index (χ1) is 15.0. The summed E-state index contributed by atoms with van der Waals surface area (Å²) >= 11 is 19.6. The molecule has 0 unspecified atom stereocenters. The molecule has 1 N–H and O–H groups in total. The van der Waals surface area contributed by atoms with Crippen molar-refractivity contribution in [1.82, 2.24) is 9.78 Å². The number of hydrogen-bond donors (Lipinski definition) is 1. The van der Waals surface area contributed by atoms with Gasteiger partial charge in [-0.25, -0.2) is 0 Å². The SMILES string of the molecule is O=C(Nc1cnn(Cc2ccc(Cl)cc2Cl)c1)c1cc(COc2ccccc2Cl)cs1. The van der Waals surface area contributed by atoms with Gasteiger partial charge in [0, 0.05) is 21.8 Å². The number of nitrogens with one attached hydrogen (secondary N) is 1. The van der Waals surface area contributed by atoms with Crippen LogP contribution in [0.5, 0.6) is 5.75 Å². The molecule has 1 amide bonds. The van der Waals surface area contributed by atoms with Gasteiger partial charge in [0.15, 0.2) is 0 Å². The number of anilines is 1. The van der Waals surface area contributed by atoms with Crippen LogP contribution in [-0.2, 0) is 13.2 Å². The largest absolute Gasteiger partial charge is 0.487 e. The van der Waals surface area contributed by atoms with Crippen LogP contribution in [0.1, 0.15) is 20.8 Å². The van der Waals surface area contributed by atoms with E-state index in [1.165, 1.54) is 11.3 Å². The predicted molar refractivity (Wildman–Crippen MR) is 126 cm³/mol. The lowest BCUT2D eigenvalue weighted by atomic mass is 10.2. The fourth-order valence-electron chi connectivity index (χ4n) is 2.82. The molecule has 0 aliphatic rings. The highest BCUT2D eigenvalue weighted by molar-refractivity contribution is 7.12. The van der Waals surface area contributed by atoms with E-state index in [0.717, 1.165) is 11.1 Å². The lowest BCUT2D eigenvalue weighted by Crippen LogP contribution is -2.09. The van der Waals surface area contributed by atoms with Gasteiger partial charge in [0.25, 0.3) is 5.91 Å². The molecular formula is C22H16Cl3N3O2S. The number of halogens is 3. The molecule has 2 heterocycles. The van der Waals surface area contributed by atoms with Crippen LogP contribution >= 0.6 is 46.1 Å². The van der Waals surface area contributed by atoms with Gasteiger partial charge in [-0.3, -0.25) is 9.48 Å². The Hall–Kier alpha value is -2.51. The van der Waals surface area contributed by atoms with Gasteiger partial charge in [-0.05, 0) is 41.3 Å². The van der Waals surface area contributed by atoms with E-state index in [1.54, 1.807) is 47.4 Å². The summed E-state index contributed by atoms with van der Waals surface area (Å²) in [6.07, 6.45) is 3.34. The molecule has 0 bridgehead atoms. The molecule has 4 aromatic rings. The van der Waals surface area contributed by atoms with Crippen molar-refractivity contribution in [3.63, 3.8) is 0 Å². The van der Waals surface area contributed by atoms with Crippen LogP contribution in [0.15, 0.2) is 66.3 Å². The molecule has 31 heavy (non-hydrogen) atoms. The molecule has 5 nitrogen and oxygen atoms in total. The maximum atomic E-state index is 12.6. The second kappa shape index (κ2) is 9.75. The summed E-state index contributed by atoms with van der Waals surface area (Å²) in [5.74, 6) is 0.396. The van der Waals surface area contributed by atoms with Gasteiger partial charge in [-0.2, -0.15) is 5.10 Å². The minimum absolute atomic E-state index is 0.210. The highest BCUT2D eigenvalue weighted by atomic mass is 35.5. The Morgan fingerprint density at radius 3 is 2.74 bits per heavy atom. The van der Waals surface area contributed by atoms with Crippen molar-refractivity contribution >= 4 is 57.7 Å². The molecule has 2 aromatic heterocycles. The topological polar surface area (TPSA) is 56.2 Å². The second-order valence-electron chi connectivity index (χ2n) is 6.65. The van der Waals surface area contributed by atoms with E-state index >= 15 is 0 Å². The normalized spacial score (nSPS) is 10.8. The van der Waals surface area contributed by atoms with Gasteiger partial charge >= 0.3 is 0 Å². The van der Waals surface area contributed by atoms with Crippen LogP contribution in [-0.4, -0.2) is 15.7 Å². The minimum atomic E-state index is -0.210. The number of benzene rings is 2. The van der Waals surface area contributed by atoms with Gasteiger partial charge in [-0.15, -0.1) is 11.3 Å². The number of rotatable bonds is 7. The third kappa shape index (κ3) is 5.60. The molecule has 158 valence electrons. The second-order valence-corrected chi connectivity index (χ2v) is 8.82. The lowest BCUT2D eigenvalue weighted by molar-refractivity contribution is 0.103. The highest BCUT2D eigenvalue weighted by Gasteiger charge is 2.12. The molecule has 4 rings (SSSR count). The van der Waals surface area contributed by atoms with E-state index in [0.29, 0.717) is 44.5 Å². The summed E-state index contributed by atoms with van der Waals surface area (Å²) in [6.45, 7) is 0.793. The number of hydrogen-bond acceptors (Lipinski definition) is 4. The molecule has 0 fully saturated rings. The average molecular weight is 493 g/mol. The smallest absolute Gasteiger partial charge is 0.265 e. The summed E-state index contributed by atoms with van der Waals surface area (Å²) in [7, 11) is 0. The van der Waals surface area contributed by atoms with Crippen LogP contribution < -0.4 is 10.1 Å². The molecule has 0 saturated carbocycles. The molecule has 0 atom stereocenters. The zero-order valence-electron chi connectivity index (χ0n) is 16.0. The first-order valence-corrected chi connectivity index (χ1v) is 11.2. The molecule has 0 spiro atoms. The summed E-state index contributed by atoms with van der Waals surface area (Å²) in [6, 6.07) is 14.4. The number of aromatic nitrogens is 2. The number of carbonyl (C=O) groups excluding carboxylic acids is 1. The van der Waals surface area contributed by atoms with Gasteiger partial charge in [0.1, 0.15) is 12.4 Å². The van der Waals surface area contributed by atoms with Gasteiger partial charge in [0.2, 0.25) is 0 Å². The van der Waals surface area contributed by atoms with E-state index in [1.807, 2.05) is 23.6 Å². The average Bonchev–Trinajstić information content (AvgIpc) is 3.39. The Morgan fingerprint density at radius 2 is 1.94 bits per heavy atom. The highest BCUT2D eigenvalue weighted by Crippen LogP contribution is 2.25. The number of para-hydroxylation sites is 1. The molecule has 0 radical (unpaired) electrons. The van der Waals surface area contributed by atoms with Crippen LogP contribution in [0.2, 0.25) is 15.1 Å². The number of carbonyl (C=O) groups is 1. The van der Waals surface area contributed by atoms with Crippen molar-refractivity contribution in [2.45, 2.75) is 13.2 Å². The van der Waals surface area contributed by atoms with Gasteiger partial charge in [0.05, 0.1) is 28.3 Å². The van der Waals surface area contributed by atoms with E-state index in [4.69, 9.17) is 39.5 Å². The van der Waals surface area contributed by atoms with Gasteiger partial charge in [-0.1, -0.05) is 53.0 Å². The van der Waals surface area contributed by atoms with E-state index in [9.17, 15) is 4.79 Å². The van der Waals surface area contributed by atoms with E-state index < -0.39 is 0 Å². The van der Waals surface area contributed by atoms with Crippen molar-refractivity contribution in [3.05, 3.63) is 97.4 Å². The first kappa shape index (κ1) is 21.7. The Balaban J connectivity index is 1.35. The fourth-order valence-corrected chi connectivity index (χ4v) is 4.28. The van der Waals surface area contributed by atoms with Crippen molar-refractivity contribution in [3.8, 4) is 5.75 Å². The molecule has 9 heteroatoms. The van der Waals surface area contributed by atoms with Crippen LogP contribution in [0.3, 0.4) is 0 Å². The molecule has 0 aliphatic carbocycles. The standard InChI is InChI=1S/C22H16Cl3N3O2S/c23-16-6-5-15(19(25)8-16)10-28-11-17(9-26-28)27-22(29)21-7-14(13-31-21)12-30-20-4-2-1-3-18(20)24/h1-9,11,13H,10,12H2,(H,27,29). The monoisotopic (exact) mass is 491 g/mol. The van der Waals surface area contributed by atoms with Crippen molar-refractivity contribution in [1.29, 1.82) is 0 Å². The number of ether oxygens (including phenoxy) is 1. The number of nitrogens with zero attached hydrogens (tertiary/aromatic N) is 2. The van der Waals surface area contributed by atoms with E-state index in [2.05, 4.69) is 10.4 Å². The number of amides is 1. The lowest BCUT2D eigenvalue weighted by Gasteiger charge is -2.06. The zero-order valence-corrected chi connectivity index (χ0v) is 19.1. The minimum Gasteiger partial charge on any atom is -0.487 e. The maximum absolute atomic E-state index is 12.6. The molecular weight excluding hydrogens is 477 g/mol. The third-order valence-electron chi connectivity index (χ3n) is 4.35. The zero-order chi connectivity index (χ0) is 21.8. The predicted octanol–water partition coefficient (Wildman–Crippen LogP) is 6.78. The number of thiophene rings is 1. The van der Waals surface area contributed by atoms with E-state index in [-0.39, 0.29) is 5.91 Å². The Morgan fingerprint density at radius 1 is 1.10 bits per heavy atom. The Labute approximate surface area is 198 Å².